The molecule has 0 radical (unpaired) electrons. The summed E-state index contributed by atoms with van der Waals surface area (Å²) < 4.78 is 0. The van der Waals surface area contributed by atoms with Crippen molar-refractivity contribution in [1.82, 2.24) is 5.32 Å². The minimum Gasteiger partial charge on any atom is -0.504 e. The largest absolute Gasteiger partial charge is 0.504 e. The van der Waals surface area contributed by atoms with Crippen molar-refractivity contribution in [3.8, 4) is 17.2 Å². The van der Waals surface area contributed by atoms with Gasteiger partial charge >= 0.3 is 0 Å². The van der Waals surface area contributed by atoms with Gasteiger partial charge in [0, 0.05) is 17.9 Å². The summed E-state index contributed by atoms with van der Waals surface area (Å²) in [4.78, 5) is 0. The van der Waals surface area contributed by atoms with Crippen LogP contribution in [0.15, 0.2) is 0 Å². The monoisotopic (exact) mass is 287 g/mol. The molecule has 4 atom stereocenters. The molecule has 4 unspecified atom stereocenters. The third-order valence-electron chi connectivity index (χ3n) is 4.14. The van der Waals surface area contributed by atoms with Gasteiger partial charge in [-0.2, -0.15) is 0 Å². The highest BCUT2D eigenvalue weighted by molar-refractivity contribution is 6.33. The Morgan fingerprint density at radius 1 is 1.16 bits per heavy atom. The standard InChI is InChI=1S/C12H14ClNO5/c1-3-5-6(7(3)12(19)2-4(15)14-12)9(16)11(18)10(17)8(5)13/h3-4,7,14-19H,2H2,1H3. The molecule has 19 heavy (non-hydrogen) atoms. The first kappa shape index (κ1) is 12.8. The van der Waals surface area contributed by atoms with E-state index >= 15 is 0 Å². The van der Waals surface area contributed by atoms with E-state index in [0.29, 0.717) is 11.1 Å². The van der Waals surface area contributed by atoms with E-state index < -0.39 is 35.1 Å². The molecule has 1 aliphatic carbocycles. The van der Waals surface area contributed by atoms with Gasteiger partial charge in [-0.1, -0.05) is 18.5 Å². The van der Waals surface area contributed by atoms with E-state index in [2.05, 4.69) is 5.32 Å². The topological polar surface area (TPSA) is 113 Å². The Morgan fingerprint density at radius 2 is 1.74 bits per heavy atom. The highest BCUT2D eigenvalue weighted by Gasteiger charge is 2.57. The zero-order chi connectivity index (χ0) is 14.1. The molecule has 0 spiro atoms. The summed E-state index contributed by atoms with van der Waals surface area (Å²) in [5.41, 5.74) is -0.512. The van der Waals surface area contributed by atoms with Gasteiger partial charge in [-0.05, 0) is 11.5 Å². The zero-order valence-corrected chi connectivity index (χ0v) is 10.8. The summed E-state index contributed by atoms with van der Waals surface area (Å²) in [6.45, 7) is 1.79. The number of nitrogens with one attached hydrogen (secondary N) is 1. The number of fused-ring (bicyclic) bond motifs is 1. The molecule has 6 N–H and O–H groups in total. The van der Waals surface area contributed by atoms with Crippen LogP contribution in [-0.4, -0.2) is 37.5 Å². The smallest absolute Gasteiger partial charge is 0.202 e. The van der Waals surface area contributed by atoms with Crippen LogP contribution in [0.3, 0.4) is 0 Å². The van der Waals surface area contributed by atoms with E-state index in [1.54, 1.807) is 6.92 Å². The highest BCUT2D eigenvalue weighted by Crippen LogP contribution is 2.63. The Hall–Kier alpha value is -1.21. The number of aromatic hydroxyl groups is 3. The first-order chi connectivity index (χ1) is 8.78. The average Bonchev–Trinajstić information content (AvgIpc) is 2.29. The van der Waals surface area contributed by atoms with Crippen LogP contribution in [0.1, 0.15) is 36.3 Å². The number of aliphatic hydroxyl groups is 2. The quantitative estimate of drug-likeness (QED) is 0.423. The molecule has 7 heteroatoms. The molecular formula is C12H14ClNO5. The van der Waals surface area contributed by atoms with E-state index in [1.807, 2.05) is 0 Å². The van der Waals surface area contributed by atoms with Gasteiger partial charge in [0.15, 0.2) is 11.5 Å². The predicted molar refractivity (Wildman–Crippen MR) is 66.3 cm³/mol. The van der Waals surface area contributed by atoms with Crippen molar-refractivity contribution in [3.05, 3.63) is 16.1 Å². The maximum Gasteiger partial charge on any atom is 0.202 e. The fourth-order valence-corrected chi connectivity index (χ4v) is 3.59. The van der Waals surface area contributed by atoms with Crippen LogP contribution >= 0.6 is 11.6 Å². The summed E-state index contributed by atoms with van der Waals surface area (Å²) in [5, 5.41) is 51.3. The van der Waals surface area contributed by atoms with Crippen molar-refractivity contribution in [3.63, 3.8) is 0 Å². The van der Waals surface area contributed by atoms with Crippen molar-refractivity contribution in [1.29, 1.82) is 0 Å². The molecule has 1 aromatic carbocycles. The van der Waals surface area contributed by atoms with Crippen LogP contribution in [0.25, 0.3) is 0 Å². The fraction of sp³-hybridized carbons (Fsp3) is 0.500. The molecule has 1 saturated heterocycles. The predicted octanol–water partition coefficient (Wildman–Crippen LogP) is 0.658. The first-order valence-electron chi connectivity index (χ1n) is 5.92. The third-order valence-corrected chi connectivity index (χ3v) is 4.52. The number of aliphatic hydroxyl groups excluding tert-OH is 1. The van der Waals surface area contributed by atoms with Gasteiger partial charge in [-0.15, -0.1) is 0 Å². The number of phenolic OH excluding ortho intramolecular Hbond substituents is 3. The van der Waals surface area contributed by atoms with E-state index in [-0.39, 0.29) is 17.4 Å². The van der Waals surface area contributed by atoms with Crippen LogP contribution in [0.4, 0.5) is 0 Å². The maximum atomic E-state index is 10.3. The molecule has 1 aliphatic heterocycles. The lowest BCUT2D eigenvalue weighted by molar-refractivity contribution is -0.173. The van der Waals surface area contributed by atoms with Crippen LogP contribution in [0.2, 0.25) is 5.02 Å². The van der Waals surface area contributed by atoms with Crippen LogP contribution in [-0.2, 0) is 0 Å². The number of hydrogen-bond donors (Lipinski definition) is 6. The number of rotatable bonds is 1. The van der Waals surface area contributed by atoms with Gasteiger partial charge in [-0.3, -0.25) is 5.32 Å². The van der Waals surface area contributed by atoms with Gasteiger partial charge in [0.2, 0.25) is 5.75 Å². The molecule has 0 bridgehead atoms. The van der Waals surface area contributed by atoms with Crippen LogP contribution in [0, 0.1) is 0 Å². The summed E-state index contributed by atoms with van der Waals surface area (Å²) in [7, 11) is 0. The van der Waals surface area contributed by atoms with Gasteiger partial charge in [0.1, 0.15) is 12.0 Å². The molecule has 0 aromatic heterocycles. The van der Waals surface area contributed by atoms with E-state index in [9.17, 15) is 25.5 Å². The van der Waals surface area contributed by atoms with E-state index in [0.717, 1.165) is 0 Å². The van der Waals surface area contributed by atoms with Gasteiger partial charge in [0.25, 0.3) is 0 Å². The summed E-state index contributed by atoms with van der Waals surface area (Å²) in [6.07, 6.45) is -0.662. The third kappa shape index (κ3) is 1.42. The maximum absolute atomic E-state index is 10.3. The molecule has 104 valence electrons. The molecule has 1 fully saturated rings. The first-order valence-corrected chi connectivity index (χ1v) is 6.30. The molecule has 1 aromatic rings. The second kappa shape index (κ2) is 3.67. The second-order valence-electron chi connectivity index (χ2n) is 5.24. The van der Waals surface area contributed by atoms with Crippen molar-refractivity contribution in [2.24, 2.45) is 0 Å². The lowest BCUT2D eigenvalue weighted by Gasteiger charge is -2.54. The SMILES string of the molecule is CC1c2c(Cl)c(O)c(O)c(O)c2C1C1(O)CC(O)N1. The minimum absolute atomic E-state index is 0.0162. The van der Waals surface area contributed by atoms with Gasteiger partial charge < -0.3 is 25.5 Å². The Labute approximate surface area is 113 Å². The van der Waals surface area contributed by atoms with Crippen molar-refractivity contribution >= 4 is 11.6 Å². The van der Waals surface area contributed by atoms with Crippen LogP contribution < -0.4 is 5.32 Å². The molecule has 3 rings (SSSR count). The Morgan fingerprint density at radius 3 is 2.26 bits per heavy atom. The summed E-state index contributed by atoms with van der Waals surface area (Å²) in [6, 6.07) is 0. The van der Waals surface area contributed by atoms with E-state index in [1.165, 1.54) is 0 Å². The zero-order valence-electron chi connectivity index (χ0n) is 10.1. The molecule has 2 aliphatic rings. The molecule has 6 nitrogen and oxygen atoms in total. The van der Waals surface area contributed by atoms with E-state index in [4.69, 9.17) is 11.6 Å². The average molecular weight is 288 g/mol. The second-order valence-corrected chi connectivity index (χ2v) is 5.62. The number of benzene rings is 1. The van der Waals surface area contributed by atoms with Crippen molar-refractivity contribution in [2.75, 3.05) is 0 Å². The van der Waals surface area contributed by atoms with Gasteiger partial charge in [0.05, 0.1) is 5.02 Å². The minimum atomic E-state index is -1.34. The number of hydrogen-bond acceptors (Lipinski definition) is 6. The Kier molecular flexibility index (Phi) is 2.47. The van der Waals surface area contributed by atoms with Gasteiger partial charge in [-0.25, -0.2) is 0 Å². The number of halogens is 1. The highest BCUT2D eigenvalue weighted by atomic mass is 35.5. The fourth-order valence-electron chi connectivity index (χ4n) is 3.23. The van der Waals surface area contributed by atoms with Crippen LogP contribution in [0.5, 0.6) is 17.2 Å². The van der Waals surface area contributed by atoms with Crippen molar-refractivity contribution in [2.45, 2.75) is 37.1 Å². The lowest BCUT2D eigenvalue weighted by Crippen LogP contribution is -2.68. The Balaban J connectivity index is 2.11. The molecule has 0 amide bonds. The van der Waals surface area contributed by atoms with Crippen molar-refractivity contribution < 1.29 is 25.5 Å². The lowest BCUT2D eigenvalue weighted by atomic mass is 9.61. The molecule has 1 heterocycles. The molecule has 0 saturated carbocycles. The summed E-state index contributed by atoms with van der Waals surface area (Å²) >= 11 is 5.94. The number of phenols is 3. The normalized spacial score (nSPS) is 36.3. The Bertz CT molecular complexity index is 570. The molecular weight excluding hydrogens is 274 g/mol. The summed E-state index contributed by atoms with van der Waals surface area (Å²) in [5.74, 6) is -2.45.